The van der Waals surface area contributed by atoms with Crippen molar-refractivity contribution in [2.75, 3.05) is 33.9 Å². The summed E-state index contributed by atoms with van der Waals surface area (Å²) in [5, 5.41) is 1.25. The van der Waals surface area contributed by atoms with Crippen LogP contribution in [0.2, 0.25) is 0 Å². The SMILES string of the molecule is [B]P(I)c1cc(C)c2c(c1)CN(CCCN(C)C)CO2. The molecule has 1 unspecified atom stereocenters. The second-order valence-electron chi connectivity index (χ2n) is 5.54. The van der Waals surface area contributed by atoms with Crippen LogP contribution >= 0.6 is 27.5 Å². The summed E-state index contributed by atoms with van der Waals surface area (Å²) in [4.78, 5) is 4.58. The van der Waals surface area contributed by atoms with Crippen molar-refractivity contribution in [3.05, 3.63) is 23.3 Å². The number of halogens is 1. The second kappa shape index (κ2) is 7.43. The summed E-state index contributed by atoms with van der Waals surface area (Å²) >= 11 is 2.32. The maximum atomic E-state index is 6.06. The van der Waals surface area contributed by atoms with Crippen LogP contribution in [-0.2, 0) is 6.54 Å². The molecule has 0 N–H and O–H groups in total. The van der Waals surface area contributed by atoms with E-state index >= 15 is 0 Å². The van der Waals surface area contributed by atoms with Gasteiger partial charge in [0.15, 0.2) is 0 Å². The Morgan fingerprint density at radius 1 is 1.45 bits per heavy atom. The van der Waals surface area contributed by atoms with Crippen molar-refractivity contribution >= 4 is 40.4 Å². The molecule has 1 aromatic rings. The van der Waals surface area contributed by atoms with Crippen LogP contribution in [-0.4, -0.2) is 51.3 Å². The molecule has 1 aromatic carbocycles. The largest absolute Gasteiger partial charge is 0.478 e. The molecule has 1 heterocycles. The zero-order valence-corrected chi connectivity index (χ0v) is 15.4. The van der Waals surface area contributed by atoms with Gasteiger partial charge in [-0.3, -0.25) is 4.90 Å². The molecule has 0 fully saturated rings. The van der Waals surface area contributed by atoms with Crippen LogP contribution in [0.4, 0.5) is 0 Å². The van der Waals surface area contributed by atoms with Crippen molar-refractivity contribution in [1.29, 1.82) is 0 Å². The maximum Gasteiger partial charge on any atom is 0.142 e. The Labute approximate surface area is 137 Å². The molecule has 3 nitrogen and oxygen atoms in total. The fourth-order valence-electron chi connectivity index (χ4n) is 2.47. The van der Waals surface area contributed by atoms with Crippen LogP contribution < -0.4 is 10.0 Å². The van der Waals surface area contributed by atoms with Crippen molar-refractivity contribution in [2.24, 2.45) is 0 Å². The highest BCUT2D eigenvalue weighted by atomic mass is 127. The lowest BCUT2D eigenvalue weighted by Crippen LogP contribution is -2.34. The van der Waals surface area contributed by atoms with Gasteiger partial charge < -0.3 is 9.64 Å². The molecule has 0 aromatic heterocycles. The first-order chi connectivity index (χ1) is 9.47. The maximum absolute atomic E-state index is 6.06. The number of hydrogen-bond acceptors (Lipinski definition) is 3. The number of fused-ring (bicyclic) bond motifs is 1. The van der Waals surface area contributed by atoms with E-state index in [-0.39, 0.29) is 0 Å². The second-order valence-corrected chi connectivity index (χ2v) is 9.80. The van der Waals surface area contributed by atoms with Crippen molar-refractivity contribution in [2.45, 2.75) is 19.9 Å². The number of ether oxygens (including phenoxy) is 1. The number of hydrogen-bond donors (Lipinski definition) is 0. The smallest absolute Gasteiger partial charge is 0.142 e. The van der Waals surface area contributed by atoms with E-state index in [9.17, 15) is 0 Å². The van der Waals surface area contributed by atoms with Crippen LogP contribution in [0.3, 0.4) is 0 Å². The molecular weight excluding hydrogens is 381 g/mol. The van der Waals surface area contributed by atoms with E-state index in [2.05, 4.69) is 65.0 Å². The molecule has 2 radical (unpaired) electrons. The number of nitrogens with zero attached hydrogens (tertiary/aromatic N) is 2. The van der Waals surface area contributed by atoms with Gasteiger partial charge in [-0.25, -0.2) is 0 Å². The lowest BCUT2D eigenvalue weighted by Gasteiger charge is -2.31. The normalized spacial score (nSPS) is 16.9. The molecule has 0 amide bonds. The first-order valence-electron chi connectivity index (χ1n) is 6.81. The van der Waals surface area contributed by atoms with Crippen LogP contribution in [0.5, 0.6) is 5.75 Å². The van der Waals surface area contributed by atoms with Gasteiger partial charge in [0.05, 0.1) is 0 Å². The summed E-state index contributed by atoms with van der Waals surface area (Å²) in [5.74, 6) is 1.06. The van der Waals surface area contributed by atoms with Crippen LogP contribution in [0.25, 0.3) is 0 Å². The van der Waals surface area contributed by atoms with Crippen molar-refractivity contribution < 1.29 is 4.74 Å². The lowest BCUT2D eigenvalue weighted by molar-refractivity contribution is 0.0915. The van der Waals surface area contributed by atoms with E-state index in [1.165, 1.54) is 22.9 Å². The number of aryl methyl sites for hydroxylation is 1. The highest BCUT2D eigenvalue weighted by Crippen LogP contribution is 2.40. The number of benzene rings is 1. The molecule has 1 atom stereocenters. The van der Waals surface area contributed by atoms with Gasteiger partial charge in [-0.05, 0) is 57.0 Å². The van der Waals surface area contributed by atoms with Crippen LogP contribution in [0, 0.1) is 6.92 Å². The van der Waals surface area contributed by atoms with E-state index in [4.69, 9.17) is 12.3 Å². The Kier molecular flexibility index (Phi) is 6.15. The fourth-order valence-corrected chi connectivity index (χ4v) is 3.90. The summed E-state index contributed by atoms with van der Waals surface area (Å²) in [7, 11) is 10.3. The average molecular weight is 402 g/mol. The van der Waals surface area contributed by atoms with E-state index < -0.39 is 5.44 Å². The minimum atomic E-state index is -0.572. The molecule has 1 aliphatic heterocycles. The van der Waals surface area contributed by atoms with E-state index in [1.807, 2.05) is 0 Å². The summed E-state index contributed by atoms with van der Waals surface area (Å²) < 4.78 is 5.94. The molecule has 0 aliphatic carbocycles. The van der Waals surface area contributed by atoms with Crippen molar-refractivity contribution in [3.8, 4) is 5.75 Å². The summed E-state index contributed by atoms with van der Waals surface area (Å²) in [5.41, 5.74) is 1.92. The van der Waals surface area contributed by atoms with Gasteiger partial charge in [0.25, 0.3) is 0 Å². The molecule has 0 spiro atoms. The molecule has 108 valence electrons. The Morgan fingerprint density at radius 3 is 2.85 bits per heavy atom. The van der Waals surface area contributed by atoms with Gasteiger partial charge in [0.1, 0.15) is 20.0 Å². The van der Waals surface area contributed by atoms with Gasteiger partial charge in [0.2, 0.25) is 0 Å². The predicted molar refractivity (Wildman–Crippen MR) is 96.6 cm³/mol. The molecule has 0 bridgehead atoms. The van der Waals surface area contributed by atoms with Gasteiger partial charge in [0, 0.05) is 18.7 Å². The average Bonchev–Trinajstić information content (AvgIpc) is 2.37. The monoisotopic (exact) mass is 402 g/mol. The van der Waals surface area contributed by atoms with Crippen molar-refractivity contribution in [1.82, 2.24) is 9.80 Å². The molecule has 1 aliphatic rings. The molecule has 20 heavy (non-hydrogen) atoms. The fraction of sp³-hybridized carbons (Fsp3) is 0.571. The van der Waals surface area contributed by atoms with Gasteiger partial charge in [-0.15, -0.1) is 0 Å². The van der Waals surface area contributed by atoms with E-state index in [1.54, 1.807) is 0 Å². The summed E-state index contributed by atoms with van der Waals surface area (Å²) in [6.07, 6.45) is 1.17. The lowest BCUT2D eigenvalue weighted by atomic mass is 10.1. The molecule has 0 saturated carbocycles. The molecule has 0 saturated heterocycles. The minimum absolute atomic E-state index is 0.572. The summed E-state index contributed by atoms with van der Waals surface area (Å²) in [6, 6.07) is 4.39. The Bertz CT molecular complexity index is 471. The zero-order chi connectivity index (χ0) is 14.7. The third-order valence-electron chi connectivity index (χ3n) is 3.45. The quantitative estimate of drug-likeness (QED) is 0.428. The van der Waals surface area contributed by atoms with Crippen LogP contribution in [0.1, 0.15) is 17.5 Å². The predicted octanol–water partition coefficient (Wildman–Crippen LogP) is 2.64. The highest BCUT2D eigenvalue weighted by Gasteiger charge is 2.20. The van der Waals surface area contributed by atoms with Gasteiger partial charge in [-0.1, -0.05) is 27.5 Å². The van der Waals surface area contributed by atoms with Gasteiger partial charge >= 0.3 is 0 Å². The third-order valence-corrected chi connectivity index (χ3v) is 5.87. The molecule has 6 heteroatoms. The Hall–Kier alpha value is 0.165. The van der Waals surface area contributed by atoms with Gasteiger partial charge in [-0.2, -0.15) is 0 Å². The topological polar surface area (TPSA) is 15.7 Å². The van der Waals surface area contributed by atoms with E-state index in [0.29, 0.717) is 6.73 Å². The highest BCUT2D eigenvalue weighted by molar-refractivity contribution is 14.2. The first kappa shape index (κ1) is 16.5. The van der Waals surface area contributed by atoms with Crippen LogP contribution in [0.15, 0.2) is 12.1 Å². The molecule has 2 rings (SSSR count). The van der Waals surface area contributed by atoms with E-state index in [0.717, 1.165) is 25.4 Å². The number of rotatable bonds is 5. The third kappa shape index (κ3) is 4.33. The summed E-state index contributed by atoms with van der Waals surface area (Å²) in [6.45, 7) is 5.96. The molecular formula is C14H21BIN2OP. The Balaban J connectivity index is 2.04. The Morgan fingerprint density at radius 2 is 2.20 bits per heavy atom. The first-order valence-corrected chi connectivity index (χ1v) is 11.0. The van der Waals surface area contributed by atoms with Crippen molar-refractivity contribution in [3.63, 3.8) is 0 Å². The zero-order valence-electron chi connectivity index (χ0n) is 12.4. The minimum Gasteiger partial charge on any atom is -0.478 e. The standard InChI is InChI=1S/C14H21BIN2OP/c1-11-7-13(20(15)16)8-12-9-18(10-19-14(11)12)6-4-5-17(2)3/h7-8H,4-6,9-10H2,1-3H3.